The fourth-order valence-electron chi connectivity index (χ4n) is 3.27. The van der Waals surface area contributed by atoms with Gasteiger partial charge in [-0.15, -0.1) is 0 Å². The molecule has 3 aromatic rings. The maximum Gasteiger partial charge on any atom is 0.261 e. The third-order valence-corrected chi connectivity index (χ3v) is 5.75. The van der Waals surface area contributed by atoms with Gasteiger partial charge in [-0.05, 0) is 62.4 Å². The number of carbonyl (C=O) groups excluding carboxylic acids is 2. The van der Waals surface area contributed by atoms with Crippen molar-refractivity contribution in [1.29, 1.82) is 0 Å². The van der Waals surface area contributed by atoms with Crippen LogP contribution in [0.5, 0.6) is 5.75 Å². The lowest BCUT2D eigenvalue weighted by atomic mass is 9.92. The van der Waals surface area contributed by atoms with Crippen LogP contribution in [0.3, 0.4) is 0 Å². The minimum Gasteiger partial charge on any atom is -0.484 e. The standard InChI is InChI=1S/C26H30Cl2N4O3/c1-17(2)31(25(34)16-35-21-12-8-19(28)9-13-21)15-24(33)29-23-14-22(26(3,4)5)30-32(23)20-10-6-18(27)7-11-20/h6-14,17H,15-16H2,1-5H3,(H,29,33). The lowest BCUT2D eigenvalue weighted by Gasteiger charge is -2.26. The third kappa shape index (κ3) is 7.23. The molecule has 0 atom stereocenters. The zero-order valence-electron chi connectivity index (χ0n) is 20.5. The van der Waals surface area contributed by atoms with Gasteiger partial charge in [-0.2, -0.15) is 5.10 Å². The van der Waals surface area contributed by atoms with Crippen LogP contribution >= 0.6 is 23.2 Å². The molecule has 0 aliphatic heterocycles. The molecule has 0 unspecified atom stereocenters. The van der Waals surface area contributed by atoms with Crippen LogP contribution in [0.15, 0.2) is 54.6 Å². The molecule has 0 aliphatic carbocycles. The summed E-state index contributed by atoms with van der Waals surface area (Å²) in [5.74, 6) is 0.397. The second-order valence-corrected chi connectivity index (χ2v) is 10.3. The average Bonchev–Trinajstić information content (AvgIpc) is 3.21. The molecule has 1 N–H and O–H groups in total. The van der Waals surface area contributed by atoms with Crippen molar-refractivity contribution in [3.63, 3.8) is 0 Å². The summed E-state index contributed by atoms with van der Waals surface area (Å²) in [7, 11) is 0. The quantitative estimate of drug-likeness (QED) is 0.414. The molecule has 2 amide bonds. The molecule has 9 heteroatoms. The van der Waals surface area contributed by atoms with Crippen molar-refractivity contribution in [3.05, 3.63) is 70.3 Å². The van der Waals surface area contributed by atoms with Gasteiger partial charge in [-0.25, -0.2) is 4.68 Å². The molecule has 0 fully saturated rings. The number of halogens is 2. The Bertz CT molecular complexity index is 1170. The normalized spacial score (nSPS) is 11.4. The van der Waals surface area contributed by atoms with E-state index in [1.807, 2.05) is 52.8 Å². The number of hydrogen-bond acceptors (Lipinski definition) is 4. The number of ether oxygens (including phenoxy) is 1. The maximum absolute atomic E-state index is 13.0. The van der Waals surface area contributed by atoms with Crippen LogP contribution in [0.25, 0.3) is 5.69 Å². The number of nitrogens with zero attached hydrogens (tertiary/aromatic N) is 3. The lowest BCUT2D eigenvalue weighted by molar-refractivity contribution is -0.138. The van der Waals surface area contributed by atoms with E-state index in [1.54, 1.807) is 41.1 Å². The molecular formula is C26H30Cl2N4O3. The summed E-state index contributed by atoms with van der Waals surface area (Å²) in [4.78, 5) is 27.3. The van der Waals surface area contributed by atoms with Crippen LogP contribution in [0.2, 0.25) is 10.0 Å². The molecule has 0 bridgehead atoms. The number of benzene rings is 2. The highest BCUT2D eigenvalue weighted by molar-refractivity contribution is 6.30. The van der Waals surface area contributed by atoms with E-state index in [1.165, 1.54) is 4.90 Å². The van der Waals surface area contributed by atoms with E-state index in [0.717, 1.165) is 11.4 Å². The Hall–Kier alpha value is -3.03. The summed E-state index contributed by atoms with van der Waals surface area (Å²) in [5, 5.41) is 8.80. The minimum absolute atomic E-state index is 0.128. The van der Waals surface area contributed by atoms with E-state index < -0.39 is 0 Å². The van der Waals surface area contributed by atoms with E-state index in [-0.39, 0.29) is 36.4 Å². The topological polar surface area (TPSA) is 76.5 Å². The van der Waals surface area contributed by atoms with Crippen molar-refractivity contribution in [2.45, 2.75) is 46.1 Å². The fourth-order valence-corrected chi connectivity index (χ4v) is 3.52. The van der Waals surface area contributed by atoms with Crippen molar-refractivity contribution in [2.24, 2.45) is 0 Å². The number of hydrogen-bond donors (Lipinski definition) is 1. The summed E-state index contributed by atoms with van der Waals surface area (Å²) >= 11 is 11.9. The Labute approximate surface area is 216 Å². The number of nitrogens with one attached hydrogen (secondary N) is 1. The first-order valence-corrected chi connectivity index (χ1v) is 12.0. The van der Waals surface area contributed by atoms with Gasteiger partial charge in [0.15, 0.2) is 6.61 Å². The second kappa shape index (κ2) is 11.1. The van der Waals surface area contributed by atoms with Crippen LogP contribution in [-0.4, -0.2) is 45.7 Å². The molecule has 0 saturated heterocycles. The second-order valence-electron chi connectivity index (χ2n) is 9.46. The van der Waals surface area contributed by atoms with Gasteiger partial charge in [-0.1, -0.05) is 44.0 Å². The predicted molar refractivity (Wildman–Crippen MR) is 140 cm³/mol. The predicted octanol–water partition coefficient (Wildman–Crippen LogP) is 5.73. The summed E-state index contributed by atoms with van der Waals surface area (Å²) in [6.45, 7) is 9.53. The number of amides is 2. The molecule has 0 aliphatic rings. The molecule has 3 rings (SSSR count). The van der Waals surface area contributed by atoms with Gasteiger partial charge in [0.1, 0.15) is 18.1 Å². The molecule has 186 valence electrons. The largest absolute Gasteiger partial charge is 0.484 e. The van der Waals surface area contributed by atoms with Crippen molar-refractivity contribution < 1.29 is 14.3 Å². The molecule has 0 spiro atoms. The van der Waals surface area contributed by atoms with Crippen molar-refractivity contribution in [2.75, 3.05) is 18.5 Å². The molecule has 1 heterocycles. The van der Waals surface area contributed by atoms with Gasteiger partial charge in [0, 0.05) is 27.6 Å². The first kappa shape index (κ1) is 26.6. The van der Waals surface area contributed by atoms with Gasteiger partial charge < -0.3 is 15.0 Å². The molecule has 1 aromatic heterocycles. The smallest absolute Gasteiger partial charge is 0.261 e. The third-order valence-electron chi connectivity index (χ3n) is 5.25. The zero-order valence-corrected chi connectivity index (χ0v) is 22.0. The van der Waals surface area contributed by atoms with Gasteiger partial charge >= 0.3 is 0 Å². The summed E-state index contributed by atoms with van der Waals surface area (Å²) < 4.78 is 7.24. The summed E-state index contributed by atoms with van der Waals surface area (Å²) in [6.07, 6.45) is 0. The highest BCUT2D eigenvalue weighted by Gasteiger charge is 2.24. The molecule has 2 aromatic carbocycles. The van der Waals surface area contributed by atoms with Gasteiger partial charge in [0.25, 0.3) is 5.91 Å². The highest BCUT2D eigenvalue weighted by Crippen LogP contribution is 2.27. The molecule has 35 heavy (non-hydrogen) atoms. The van der Waals surface area contributed by atoms with E-state index in [9.17, 15) is 9.59 Å². The minimum atomic E-state index is -0.339. The van der Waals surface area contributed by atoms with Gasteiger partial charge in [0.2, 0.25) is 5.91 Å². The first-order valence-electron chi connectivity index (χ1n) is 11.3. The Morgan fingerprint density at radius 3 is 2.14 bits per heavy atom. The Kier molecular flexibility index (Phi) is 8.46. The van der Waals surface area contributed by atoms with Crippen LogP contribution in [-0.2, 0) is 15.0 Å². The Morgan fingerprint density at radius 1 is 1.03 bits per heavy atom. The van der Waals surface area contributed by atoms with Crippen molar-refractivity contribution in [3.8, 4) is 11.4 Å². The zero-order chi connectivity index (χ0) is 25.8. The van der Waals surface area contributed by atoms with E-state index >= 15 is 0 Å². The Balaban J connectivity index is 1.74. The van der Waals surface area contributed by atoms with E-state index in [4.69, 9.17) is 33.0 Å². The highest BCUT2D eigenvalue weighted by atomic mass is 35.5. The van der Waals surface area contributed by atoms with Crippen molar-refractivity contribution >= 4 is 40.8 Å². The Morgan fingerprint density at radius 2 is 1.60 bits per heavy atom. The monoisotopic (exact) mass is 516 g/mol. The van der Waals surface area contributed by atoms with E-state index in [2.05, 4.69) is 5.32 Å². The maximum atomic E-state index is 13.0. The fraction of sp³-hybridized carbons (Fsp3) is 0.346. The molecule has 0 saturated carbocycles. The van der Waals surface area contributed by atoms with Crippen molar-refractivity contribution in [1.82, 2.24) is 14.7 Å². The van der Waals surface area contributed by atoms with E-state index in [0.29, 0.717) is 21.6 Å². The van der Waals surface area contributed by atoms with Crippen LogP contribution in [0, 0.1) is 0 Å². The molecule has 0 radical (unpaired) electrons. The number of anilines is 1. The first-order chi connectivity index (χ1) is 16.4. The van der Waals surface area contributed by atoms with Crippen LogP contribution in [0.4, 0.5) is 5.82 Å². The summed E-state index contributed by atoms with van der Waals surface area (Å²) in [5.41, 5.74) is 1.35. The number of aromatic nitrogens is 2. The number of rotatable bonds is 8. The van der Waals surface area contributed by atoms with Gasteiger partial charge in [0.05, 0.1) is 11.4 Å². The molecule has 7 nitrogen and oxygen atoms in total. The lowest BCUT2D eigenvalue weighted by Crippen LogP contribution is -2.44. The van der Waals surface area contributed by atoms with Crippen LogP contribution in [0.1, 0.15) is 40.3 Å². The van der Waals surface area contributed by atoms with Crippen LogP contribution < -0.4 is 10.1 Å². The SMILES string of the molecule is CC(C)N(CC(=O)Nc1cc(C(C)(C)C)nn1-c1ccc(Cl)cc1)C(=O)COc1ccc(Cl)cc1. The average molecular weight is 517 g/mol. The van der Waals surface area contributed by atoms with Gasteiger partial charge in [-0.3, -0.25) is 9.59 Å². The number of carbonyl (C=O) groups is 2. The molecular weight excluding hydrogens is 487 g/mol. The summed E-state index contributed by atoms with van der Waals surface area (Å²) in [6, 6.07) is 15.6.